The number of carboxylic acids is 1. The summed E-state index contributed by atoms with van der Waals surface area (Å²) in [4.78, 5) is 23.0. The normalized spacial score (nSPS) is 10.4. The monoisotopic (exact) mass is 276 g/mol. The molecule has 104 valence electrons. The minimum absolute atomic E-state index is 0.167. The van der Waals surface area contributed by atoms with E-state index in [4.69, 9.17) is 5.11 Å². The molecule has 1 aromatic carbocycles. The Bertz CT molecular complexity index is 494. The van der Waals surface area contributed by atoms with Crippen molar-refractivity contribution in [1.82, 2.24) is 4.90 Å². The highest BCUT2D eigenvalue weighted by Gasteiger charge is 2.17. The number of halogens is 3. The first-order valence-electron chi connectivity index (χ1n) is 5.14. The van der Waals surface area contributed by atoms with Crippen LogP contribution in [0.25, 0.3) is 0 Å². The maximum absolute atomic E-state index is 12.9. The van der Waals surface area contributed by atoms with Gasteiger partial charge in [-0.3, -0.25) is 0 Å². The molecule has 2 N–H and O–H groups in total. The van der Waals surface area contributed by atoms with Gasteiger partial charge >= 0.3 is 12.0 Å². The van der Waals surface area contributed by atoms with Crippen LogP contribution >= 0.6 is 0 Å². The van der Waals surface area contributed by atoms with Crippen molar-refractivity contribution in [2.24, 2.45) is 0 Å². The molecule has 5 nitrogen and oxygen atoms in total. The fraction of sp³-hybridized carbons (Fsp3) is 0.273. The fourth-order valence-corrected chi connectivity index (χ4v) is 1.30. The maximum atomic E-state index is 12.9. The van der Waals surface area contributed by atoms with E-state index < -0.39 is 36.4 Å². The van der Waals surface area contributed by atoms with Gasteiger partial charge in [-0.25, -0.2) is 22.8 Å². The van der Waals surface area contributed by atoms with Crippen LogP contribution in [0.4, 0.5) is 23.7 Å². The van der Waals surface area contributed by atoms with E-state index >= 15 is 0 Å². The van der Waals surface area contributed by atoms with Crippen molar-refractivity contribution in [2.45, 2.75) is 6.43 Å². The summed E-state index contributed by atoms with van der Waals surface area (Å²) in [6, 6.07) is 1.82. The number of alkyl halides is 2. The number of carbonyl (C=O) groups is 2. The van der Waals surface area contributed by atoms with E-state index in [1.807, 2.05) is 0 Å². The van der Waals surface area contributed by atoms with Crippen LogP contribution in [0.15, 0.2) is 18.2 Å². The molecule has 8 heteroatoms. The zero-order valence-electron chi connectivity index (χ0n) is 9.86. The zero-order valence-corrected chi connectivity index (χ0v) is 9.86. The minimum Gasteiger partial charge on any atom is -0.478 e. The molecule has 0 bridgehead atoms. The Morgan fingerprint density at radius 1 is 1.42 bits per heavy atom. The summed E-state index contributed by atoms with van der Waals surface area (Å²) in [5.74, 6) is -2.22. The standard InChI is InChI=1S/C11H11F3N2O3/c1-16(5-9(13)14)11(19)15-8-3-2-6(12)4-7(8)10(17)18/h2-4,9H,5H2,1H3,(H,15,19)(H,17,18). The van der Waals surface area contributed by atoms with Gasteiger partial charge in [-0.2, -0.15) is 0 Å². The molecule has 0 aliphatic rings. The van der Waals surface area contributed by atoms with Crippen LogP contribution in [-0.2, 0) is 0 Å². The van der Waals surface area contributed by atoms with Crippen LogP contribution in [0.3, 0.4) is 0 Å². The van der Waals surface area contributed by atoms with Crippen LogP contribution in [-0.4, -0.2) is 42.0 Å². The fourth-order valence-electron chi connectivity index (χ4n) is 1.30. The van der Waals surface area contributed by atoms with Crippen LogP contribution < -0.4 is 5.32 Å². The Morgan fingerprint density at radius 3 is 2.58 bits per heavy atom. The van der Waals surface area contributed by atoms with Crippen molar-refractivity contribution in [1.29, 1.82) is 0 Å². The van der Waals surface area contributed by atoms with Crippen LogP contribution in [0.2, 0.25) is 0 Å². The summed E-state index contributed by atoms with van der Waals surface area (Å²) in [6.07, 6.45) is -2.71. The second-order valence-electron chi connectivity index (χ2n) is 3.70. The first-order valence-corrected chi connectivity index (χ1v) is 5.14. The van der Waals surface area contributed by atoms with Crippen molar-refractivity contribution in [3.8, 4) is 0 Å². The van der Waals surface area contributed by atoms with Gasteiger partial charge in [0.1, 0.15) is 5.82 Å². The lowest BCUT2D eigenvalue weighted by molar-refractivity contribution is 0.0697. The SMILES string of the molecule is CN(CC(F)F)C(=O)Nc1ccc(F)cc1C(=O)O. The molecule has 0 aromatic heterocycles. The van der Waals surface area contributed by atoms with E-state index in [-0.39, 0.29) is 5.69 Å². The third-order valence-electron chi connectivity index (χ3n) is 2.21. The molecule has 0 fully saturated rings. The van der Waals surface area contributed by atoms with E-state index in [0.717, 1.165) is 25.2 Å². The molecule has 0 unspecified atom stereocenters. The molecular formula is C11H11F3N2O3. The van der Waals surface area contributed by atoms with E-state index in [1.165, 1.54) is 0 Å². The molecule has 0 atom stereocenters. The number of urea groups is 1. The summed E-state index contributed by atoms with van der Waals surface area (Å²) < 4.78 is 37.0. The molecule has 2 amide bonds. The Kier molecular flexibility index (Phi) is 4.74. The Morgan fingerprint density at radius 2 is 2.05 bits per heavy atom. The predicted molar refractivity (Wildman–Crippen MR) is 61.0 cm³/mol. The molecule has 0 aliphatic heterocycles. The van der Waals surface area contributed by atoms with E-state index in [2.05, 4.69) is 5.32 Å². The van der Waals surface area contributed by atoms with Gasteiger partial charge in [0.25, 0.3) is 6.43 Å². The van der Waals surface area contributed by atoms with Gasteiger partial charge in [0, 0.05) is 7.05 Å². The van der Waals surface area contributed by atoms with Crippen LogP contribution in [0, 0.1) is 5.82 Å². The van der Waals surface area contributed by atoms with Gasteiger partial charge in [0.05, 0.1) is 17.8 Å². The van der Waals surface area contributed by atoms with Crippen LogP contribution in [0.1, 0.15) is 10.4 Å². The van der Waals surface area contributed by atoms with Crippen molar-refractivity contribution in [3.05, 3.63) is 29.6 Å². The number of carbonyl (C=O) groups excluding carboxylic acids is 1. The lowest BCUT2D eigenvalue weighted by atomic mass is 10.1. The van der Waals surface area contributed by atoms with Crippen molar-refractivity contribution < 1.29 is 27.9 Å². The van der Waals surface area contributed by atoms with Gasteiger partial charge in [0.15, 0.2) is 0 Å². The molecule has 0 saturated heterocycles. The molecule has 0 heterocycles. The number of rotatable bonds is 4. The molecule has 0 saturated carbocycles. The number of nitrogens with zero attached hydrogens (tertiary/aromatic N) is 1. The number of nitrogens with one attached hydrogen (secondary N) is 1. The third kappa shape index (κ3) is 4.16. The second kappa shape index (κ2) is 6.07. The highest BCUT2D eigenvalue weighted by atomic mass is 19.3. The van der Waals surface area contributed by atoms with Gasteiger partial charge in [-0.1, -0.05) is 0 Å². The van der Waals surface area contributed by atoms with Crippen molar-refractivity contribution in [2.75, 3.05) is 18.9 Å². The van der Waals surface area contributed by atoms with Gasteiger partial charge in [-0.05, 0) is 18.2 Å². The number of anilines is 1. The maximum Gasteiger partial charge on any atom is 0.337 e. The average molecular weight is 276 g/mol. The molecule has 1 rings (SSSR count). The summed E-state index contributed by atoms with van der Waals surface area (Å²) in [7, 11) is 1.13. The smallest absolute Gasteiger partial charge is 0.337 e. The first kappa shape index (κ1) is 14.8. The molecule has 0 aliphatic carbocycles. The molecule has 1 aromatic rings. The third-order valence-corrected chi connectivity index (χ3v) is 2.21. The second-order valence-corrected chi connectivity index (χ2v) is 3.70. The summed E-state index contributed by atoms with van der Waals surface area (Å²) in [5, 5.41) is 11.0. The summed E-state index contributed by atoms with van der Waals surface area (Å²) in [6.45, 7) is -0.796. The number of benzene rings is 1. The predicted octanol–water partition coefficient (Wildman–Crippen LogP) is 2.25. The number of hydrogen-bond donors (Lipinski definition) is 2. The highest BCUT2D eigenvalue weighted by molar-refractivity contribution is 5.99. The van der Waals surface area contributed by atoms with E-state index in [1.54, 1.807) is 0 Å². The minimum atomic E-state index is -2.71. The zero-order chi connectivity index (χ0) is 14.6. The quantitative estimate of drug-likeness (QED) is 0.886. The van der Waals surface area contributed by atoms with E-state index in [0.29, 0.717) is 4.90 Å². The Balaban J connectivity index is 2.87. The molecule has 0 spiro atoms. The molecule has 19 heavy (non-hydrogen) atoms. The number of amides is 2. The van der Waals surface area contributed by atoms with Crippen LogP contribution in [0.5, 0.6) is 0 Å². The first-order chi connectivity index (χ1) is 8.81. The lowest BCUT2D eigenvalue weighted by Gasteiger charge is -2.18. The van der Waals surface area contributed by atoms with Crippen molar-refractivity contribution in [3.63, 3.8) is 0 Å². The Hall–Kier alpha value is -2.25. The number of hydrogen-bond acceptors (Lipinski definition) is 2. The topological polar surface area (TPSA) is 69.6 Å². The van der Waals surface area contributed by atoms with Crippen molar-refractivity contribution >= 4 is 17.7 Å². The summed E-state index contributed by atoms with van der Waals surface area (Å²) >= 11 is 0. The number of carboxylic acid groups (broad SMARTS) is 1. The number of aromatic carboxylic acids is 1. The molecular weight excluding hydrogens is 265 g/mol. The highest BCUT2D eigenvalue weighted by Crippen LogP contribution is 2.17. The van der Waals surface area contributed by atoms with Gasteiger partial charge in [0.2, 0.25) is 0 Å². The largest absolute Gasteiger partial charge is 0.478 e. The summed E-state index contributed by atoms with van der Waals surface area (Å²) in [5.41, 5.74) is -0.626. The Labute approximate surface area is 106 Å². The van der Waals surface area contributed by atoms with Gasteiger partial charge in [-0.15, -0.1) is 0 Å². The lowest BCUT2D eigenvalue weighted by Crippen LogP contribution is -2.35. The average Bonchev–Trinajstić information content (AvgIpc) is 2.30. The van der Waals surface area contributed by atoms with Gasteiger partial charge < -0.3 is 15.3 Å². The molecule has 0 radical (unpaired) electrons. The van der Waals surface area contributed by atoms with E-state index in [9.17, 15) is 22.8 Å².